The number of hydrogen-bond donors (Lipinski definition) is 1. The predicted octanol–water partition coefficient (Wildman–Crippen LogP) is 3.82. The van der Waals surface area contributed by atoms with E-state index in [4.69, 9.17) is 4.74 Å². The molecule has 3 heterocycles. The molecular formula is C20H22BrF4N5O3. The number of carbonyl (C=O) groups is 1. The highest BCUT2D eigenvalue weighted by molar-refractivity contribution is 9.10. The molecule has 0 saturated carbocycles. The minimum atomic E-state index is -4.80. The largest absolute Gasteiger partial charge is 0.465 e. The molecule has 2 fully saturated rings. The van der Waals surface area contributed by atoms with Crippen LogP contribution in [-0.2, 0) is 6.18 Å². The molecule has 1 aromatic heterocycles. The lowest BCUT2D eigenvalue weighted by molar-refractivity contribution is -0.138. The van der Waals surface area contributed by atoms with Gasteiger partial charge in [-0.1, -0.05) is 0 Å². The fraction of sp³-hybridized carbons (Fsp3) is 0.550. The van der Waals surface area contributed by atoms with Crippen LogP contribution in [0.4, 0.5) is 28.2 Å². The van der Waals surface area contributed by atoms with E-state index in [2.05, 4.69) is 30.8 Å². The van der Waals surface area contributed by atoms with Crippen LogP contribution in [0.25, 0.3) is 10.9 Å². The smallest absolute Gasteiger partial charge is 0.417 e. The van der Waals surface area contributed by atoms with Crippen LogP contribution in [-0.4, -0.2) is 83.4 Å². The van der Waals surface area contributed by atoms with Crippen LogP contribution in [0.3, 0.4) is 0 Å². The van der Waals surface area contributed by atoms with Gasteiger partial charge in [0, 0.05) is 37.6 Å². The standard InChI is InChI=1S/C20H22BrF4N5O3/c1-28-4-2-3-11(28)10-33-18-26-16-12(9-13(20(23,24)25)14(21)15(16)22)17(27-18)29-5-7-30(8-6-29)19(31)32/h9,11H,2-8,10H2,1H3,(H,31,32). The topological polar surface area (TPSA) is 82.0 Å². The normalized spacial score (nSPS) is 20.0. The molecule has 4 rings (SSSR count). The quantitative estimate of drug-likeness (QED) is 0.596. The number of carboxylic acid groups (broad SMARTS) is 1. The zero-order valence-electron chi connectivity index (χ0n) is 17.7. The number of ether oxygens (including phenoxy) is 1. The van der Waals surface area contributed by atoms with Crippen molar-refractivity contribution in [1.82, 2.24) is 19.8 Å². The first-order valence-corrected chi connectivity index (χ1v) is 11.2. The maximum absolute atomic E-state index is 15.1. The molecule has 180 valence electrons. The molecule has 1 N–H and O–H groups in total. The Bertz CT molecular complexity index is 1060. The van der Waals surface area contributed by atoms with E-state index in [1.165, 1.54) is 4.90 Å². The van der Waals surface area contributed by atoms with Gasteiger partial charge in [0.05, 0.1) is 10.0 Å². The number of benzene rings is 1. The van der Waals surface area contributed by atoms with E-state index in [1.54, 1.807) is 4.90 Å². The molecule has 2 saturated heterocycles. The Morgan fingerprint density at radius 3 is 2.52 bits per heavy atom. The highest BCUT2D eigenvalue weighted by atomic mass is 79.9. The van der Waals surface area contributed by atoms with Crippen LogP contribution in [0, 0.1) is 5.82 Å². The van der Waals surface area contributed by atoms with Crippen molar-refractivity contribution in [2.75, 3.05) is 51.3 Å². The summed E-state index contributed by atoms with van der Waals surface area (Å²) in [7, 11) is 1.96. The highest BCUT2D eigenvalue weighted by Gasteiger charge is 2.36. The second-order valence-electron chi connectivity index (χ2n) is 8.12. The van der Waals surface area contributed by atoms with Gasteiger partial charge in [0.2, 0.25) is 0 Å². The Morgan fingerprint density at radius 1 is 1.24 bits per heavy atom. The van der Waals surface area contributed by atoms with Crippen LogP contribution < -0.4 is 9.64 Å². The molecule has 2 aliphatic heterocycles. The maximum atomic E-state index is 15.1. The van der Waals surface area contributed by atoms with Gasteiger partial charge in [0.1, 0.15) is 17.9 Å². The van der Waals surface area contributed by atoms with Crippen molar-refractivity contribution in [2.45, 2.75) is 25.1 Å². The number of likely N-dealkylation sites (N-methyl/N-ethyl adjacent to an activating group) is 1. The second-order valence-corrected chi connectivity index (χ2v) is 8.91. The fourth-order valence-electron chi connectivity index (χ4n) is 4.15. The number of hydrogen-bond acceptors (Lipinski definition) is 6. The highest BCUT2D eigenvalue weighted by Crippen LogP contribution is 2.41. The van der Waals surface area contributed by atoms with Crippen molar-refractivity contribution in [3.05, 3.63) is 21.9 Å². The number of aromatic nitrogens is 2. The van der Waals surface area contributed by atoms with E-state index in [0.29, 0.717) is 0 Å². The SMILES string of the molecule is CN1CCCC1COc1nc(N2CCN(C(=O)O)CC2)c2cc(C(F)(F)F)c(Br)c(F)c2n1. The van der Waals surface area contributed by atoms with Gasteiger partial charge in [-0.3, -0.25) is 0 Å². The monoisotopic (exact) mass is 535 g/mol. The fourth-order valence-corrected chi connectivity index (χ4v) is 4.68. The van der Waals surface area contributed by atoms with Gasteiger partial charge in [-0.15, -0.1) is 0 Å². The molecule has 1 amide bonds. The van der Waals surface area contributed by atoms with E-state index in [1.807, 2.05) is 7.05 Å². The lowest BCUT2D eigenvalue weighted by Crippen LogP contribution is -2.48. The molecule has 0 aliphatic carbocycles. The van der Waals surface area contributed by atoms with Gasteiger partial charge in [-0.2, -0.15) is 23.1 Å². The number of alkyl halides is 3. The molecule has 0 radical (unpaired) electrons. The average Bonchev–Trinajstić information content (AvgIpc) is 3.18. The van der Waals surface area contributed by atoms with Crippen LogP contribution in [0.2, 0.25) is 0 Å². The van der Waals surface area contributed by atoms with E-state index in [0.717, 1.165) is 25.5 Å². The summed E-state index contributed by atoms with van der Waals surface area (Å²) in [6, 6.07) is 0.815. The van der Waals surface area contributed by atoms with Crippen molar-refractivity contribution in [2.24, 2.45) is 0 Å². The van der Waals surface area contributed by atoms with Gasteiger partial charge >= 0.3 is 18.3 Å². The number of nitrogens with zero attached hydrogens (tertiary/aromatic N) is 5. The Morgan fingerprint density at radius 2 is 1.94 bits per heavy atom. The number of halogens is 5. The third kappa shape index (κ3) is 4.79. The molecule has 13 heteroatoms. The summed E-state index contributed by atoms with van der Waals surface area (Å²) in [6.45, 7) is 1.82. The van der Waals surface area contributed by atoms with Crippen LogP contribution in [0.1, 0.15) is 18.4 Å². The number of fused-ring (bicyclic) bond motifs is 1. The van der Waals surface area contributed by atoms with E-state index in [-0.39, 0.29) is 61.6 Å². The maximum Gasteiger partial charge on any atom is 0.417 e. The van der Waals surface area contributed by atoms with Crippen molar-refractivity contribution in [1.29, 1.82) is 0 Å². The molecule has 1 aromatic carbocycles. The molecule has 1 atom stereocenters. The van der Waals surface area contributed by atoms with Crippen molar-refractivity contribution in [3.63, 3.8) is 0 Å². The minimum absolute atomic E-state index is 0.0803. The van der Waals surface area contributed by atoms with Gasteiger partial charge < -0.3 is 24.5 Å². The van der Waals surface area contributed by atoms with Gasteiger partial charge in [0.25, 0.3) is 0 Å². The van der Waals surface area contributed by atoms with E-state index < -0.39 is 28.1 Å². The summed E-state index contributed by atoms with van der Waals surface area (Å²) in [5.41, 5.74) is -1.47. The first kappa shape index (κ1) is 23.7. The van der Waals surface area contributed by atoms with E-state index >= 15 is 4.39 Å². The molecule has 8 nitrogen and oxygen atoms in total. The third-order valence-corrected chi connectivity index (χ3v) is 6.84. The first-order valence-electron chi connectivity index (χ1n) is 10.4. The number of rotatable bonds is 4. The Kier molecular flexibility index (Phi) is 6.54. The van der Waals surface area contributed by atoms with Crippen molar-refractivity contribution >= 4 is 38.7 Å². The average molecular weight is 536 g/mol. The van der Waals surface area contributed by atoms with Gasteiger partial charge in [-0.05, 0) is 48.4 Å². The first-order chi connectivity index (χ1) is 15.6. The number of anilines is 1. The molecule has 1 unspecified atom stereocenters. The van der Waals surface area contributed by atoms with Crippen LogP contribution in [0.15, 0.2) is 10.5 Å². The molecule has 2 aliphatic rings. The summed E-state index contributed by atoms with van der Waals surface area (Å²) in [5.74, 6) is -1.08. The van der Waals surface area contributed by atoms with Gasteiger partial charge in [0.15, 0.2) is 5.82 Å². The summed E-state index contributed by atoms with van der Waals surface area (Å²) >= 11 is 2.72. The predicted molar refractivity (Wildman–Crippen MR) is 115 cm³/mol. The molecule has 2 aromatic rings. The Labute approximate surface area is 195 Å². The summed E-state index contributed by atoms with van der Waals surface area (Å²) in [6.07, 6.45) is -3.94. The van der Waals surface area contributed by atoms with E-state index in [9.17, 15) is 23.1 Å². The second kappa shape index (κ2) is 9.09. The van der Waals surface area contributed by atoms with Crippen molar-refractivity contribution in [3.8, 4) is 6.01 Å². The summed E-state index contributed by atoms with van der Waals surface area (Å²) < 4.78 is 60.7. The number of piperazine rings is 1. The van der Waals surface area contributed by atoms with Crippen LogP contribution >= 0.6 is 15.9 Å². The molecule has 33 heavy (non-hydrogen) atoms. The third-order valence-electron chi connectivity index (χ3n) is 6.06. The van der Waals surface area contributed by atoms with Crippen molar-refractivity contribution < 1.29 is 32.2 Å². The Hall–Kier alpha value is -2.41. The molecule has 0 spiro atoms. The lowest BCUT2D eigenvalue weighted by Gasteiger charge is -2.34. The molecular weight excluding hydrogens is 514 g/mol. The molecule has 0 bridgehead atoms. The lowest BCUT2D eigenvalue weighted by atomic mass is 10.1. The zero-order chi connectivity index (χ0) is 23.9. The summed E-state index contributed by atoms with van der Waals surface area (Å²) in [4.78, 5) is 24.6. The number of amides is 1. The zero-order valence-corrected chi connectivity index (χ0v) is 19.3. The number of likely N-dealkylation sites (tertiary alicyclic amines) is 1. The summed E-state index contributed by atoms with van der Waals surface area (Å²) in [5, 5.41) is 9.06. The Balaban J connectivity index is 1.76. The van der Waals surface area contributed by atoms with Gasteiger partial charge in [-0.25, -0.2) is 9.18 Å². The minimum Gasteiger partial charge on any atom is -0.465 e. The van der Waals surface area contributed by atoms with Crippen LogP contribution in [0.5, 0.6) is 6.01 Å².